The van der Waals surface area contributed by atoms with Gasteiger partial charge in [0, 0.05) is 13.1 Å². The van der Waals surface area contributed by atoms with Crippen LogP contribution in [-0.4, -0.2) is 60.3 Å². The summed E-state index contributed by atoms with van der Waals surface area (Å²) in [7, 11) is 0. The van der Waals surface area contributed by atoms with Crippen LogP contribution in [0.5, 0.6) is 0 Å². The molecule has 0 fully saturated rings. The molecule has 0 saturated carbocycles. The summed E-state index contributed by atoms with van der Waals surface area (Å²) < 4.78 is 0. The fourth-order valence-electron chi connectivity index (χ4n) is 0.297. The van der Waals surface area contributed by atoms with E-state index in [0.717, 1.165) is 0 Å². The molecule has 4 nitrogen and oxygen atoms in total. The molecule has 0 bridgehead atoms. The van der Waals surface area contributed by atoms with Crippen molar-refractivity contribution in [3.8, 4) is 0 Å². The zero-order valence-electron chi connectivity index (χ0n) is 4.55. The second-order valence-corrected chi connectivity index (χ2v) is 1.36. The molecule has 0 unspecified atom stereocenters. The molecule has 0 aliphatic carbocycles. The molecular weight excluding hydrogens is 131 g/mol. The number of aliphatic carboxylic acids is 1. The molecule has 9 heavy (non-hydrogen) atoms. The van der Waals surface area contributed by atoms with E-state index in [0.29, 0.717) is 13.1 Å². The van der Waals surface area contributed by atoms with Crippen LogP contribution in [0.15, 0.2) is 0 Å². The Morgan fingerprint density at radius 3 is 2.56 bits per heavy atom. The number of nitrogens with two attached hydrogens (primary N) is 1. The van der Waals surface area contributed by atoms with Crippen LogP contribution in [0.3, 0.4) is 0 Å². The first-order valence-electron chi connectivity index (χ1n) is 2.40. The van der Waals surface area contributed by atoms with Crippen molar-refractivity contribution in [2.45, 2.75) is 0 Å². The summed E-state index contributed by atoms with van der Waals surface area (Å²) in [6.07, 6.45) is 0. The number of carboxylic acids is 1. The first-order chi connectivity index (χ1) is 3.77. The zero-order chi connectivity index (χ0) is 6.41. The Labute approximate surface area is 76.1 Å². The van der Waals surface area contributed by atoms with Crippen molar-refractivity contribution in [1.29, 1.82) is 0 Å². The first kappa shape index (κ1) is 12.1. The van der Waals surface area contributed by atoms with Crippen molar-refractivity contribution in [2.24, 2.45) is 5.73 Å². The third-order valence-electron chi connectivity index (χ3n) is 0.597. The van der Waals surface area contributed by atoms with E-state index in [9.17, 15) is 4.79 Å². The van der Waals surface area contributed by atoms with E-state index in [1.165, 1.54) is 0 Å². The molecule has 0 aromatic rings. The summed E-state index contributed by atoms with van der Waals surface area (Å²) in [6, 6.07) is 0. The topological polar surface area (TPSA) is 75.3 Å². The summed E-state index contributed by atoms with van der Waals surface area (Å²) in [5, 5.41) is 10.6. The minimum atomic E-state index is -0.849. The van der Waals surface area contributed by atoms with Gasteiger partial charge in [-0.1, -0.05) is 0 Å². The second kappa shape index (κ2) is 8.39. The van der Waals surface area contributed by atoms with Crippen LogP contribution in [0.1, 0.15) is 0 Å². The molecule has 0 radical (unpaired) electrons. The van der Waals surface area contributed by atoms with Gasteiger partial charge >= 0.3 is 35.5 Å². The van der Waals surface area contributed by atoms with E-state index >= 15 is 0 Å². The van der Waals surface area contributed by atoms with Gasteiger partial charge in [-0.3, -0.25) is 4.79 Å². The van der Waals surface area contributed by atoms with Gasteiger partial charge in [-0.25, -0.2) is 0 Å². The average Bonchev–Trinajstić information content (AvgIpc) is 1.66. The molecule has 5 heteroatoms. The van der Waals surface area contributed by atoms with E-state index in [1.807, 2.05) is 0 Å². The Morgan fingerprint density at radius 2 is 2.22 bits per heavy atom. The monoisotopic (exact) mass is 142 g/mol. The van der Waals surface area contributed by atoms with E-state index in [4.69, 9.17) is 10.8 Å². The maximum absolute atomic E-state index is 9.77. The van der Waals surface area contributed by atoms with Gasteiger partial charge in [-0.05, 0) is 0 Å². The van der Waals surface area contributed by atoms with Crippen molar-refractivity contribution in [2.75, 3.05) is 19.6 Å². The summed E-state index contributed by atoms with van der Waals surface area (Å²) in [5.74, 6) is -0.849. The second-order valence-electron chi connectivity index (χ2n) is 1.36. The third kappa shape index (κ3) is 11.8. The molecule has 0 aromatic heterocycles. The Kier molecular flexibility index (Phi) is 11.3. The van der Waals surface area contributed by atoms with Crippen LogP contribution in [-0.2, 0) is 4.79 Å². The van der Waals surface area contributed by atoms with Crippen LogP contribution in [0.2, 0.25) is 0 Å². The summed E-state index contributed by atoms with van der Waals surface area (Å²) >= 11 is 0. The molecule has 4 N–H and O–H groups in total. The van der Waals surface area contributed by atoms with Crippen molar-refractivity contribution in [3.05, 3.63) is 0 Å². The third-order valence-corrected chi connectivity index (χ3v) is 0.597. The van der Waals surface area contributed by atoms with Crippen LogP contribution in [0.4, 0.5) is 0 Å². The van der Waals surface area contributed by atoms with Gasteiger partial charge in [-0.2, -0.15) is 0 Å². The minimum absolute atomic E-state index is 0. The van der Waals surface area contributed by atoms with E-state index in [1.54, 1.807) is 0 Å². The van der Waals surface area contributed by atoms with Gasteiger partial charge < -0.3 is 16.2 Å². The molecule has 0 amide bonds. The molecular formula is C4H11N2NaO2. The number of rotatable bonds is 4. The molecule has 0 aromatic carbocycles. The number of hydrogen-bond acceptors (Lipinski definition) is 3. The molecule has 0 heterocycles. The number of carboxylic acid groups (broad SMARTS) is 1. The van der Waals surface area contributed by atoms with Gasteiger partial charge in [-0.15, -0.1) is 0 Å². The van der Waals surface area contributed by atoms with Crippen molar-refractivity contribution >= 4 is 35.5 Å². The van der Waals surface area contributed by atoms with E-state index in [-0.39, 0.29) is 36.1 Å². The van der Waals surface area contributed by atoms with Crippen LogP contribution < -0.4 is 11.1 Å². The first-order valence-corrected chi connectivity index (χ1v) is 2.40. The maximum atomic E-state index is 9.77. The summed E-state index contributed by atoms with van der Waals surface area (Å²) in [6.45, 7) is 1.04. The SMILES string of the molecule is NCCNCC(=O)O.[NaH]. The Hall–Kier alpha value is 0.390. The molecule has 0 aliphatic rings. The van der Waals surface area contributed by atoms with E-state index < -0.39 is 5.97 Å². The van der Waals surface area contributed by atoms with E-state index in [2.05, 4.69) is 5.32 Å². The number of carbonyl (C=O) groups is 1. The van der Waals surface area contributed by atoms with Crippen LogP contribution >= 0.6 is 0 Å². The van der Waals surface area contributed by atoms with Gasteiger partial charge in [0.1, 0.15) is 0 Å². The summed E-state index contributed by atoms with van der Waals surface area (Å²) in [5.41, 5.74) is 5.06. The Bertz CT molecular complexity index is 79.0. The Balaban J connectivity index is 0. The van der Waals surface area contributed by atoms with Crippen LogP contribution in [0, 0.1) is 0 Å². The quantitative estimate of drug-likeness (QED) is 0.312. The molecule has 0 spiro atoms. The van der Waals surface area contributed by atoms with Gasteiger partial charge in [0.05, 0.1) is 6.54 Å². The molecule has 0 aliphatic heterocycles. The molecule has 0 rings (SSSR count). The van der Waals surface area contributed by atoms with Crippen molar-refractivity contribution < 1.29 is 9.90 Å². The fraction of sp³-hybridized carbons (Fsp3) is 0.750. The Morgan fingerprint density at radius 1 is 1.67 bits per heavy atom. The fourth-order valence-corrected chi connectivity index (χ4v) is 0.297. The van der Waals surface area contributed by atoms with Crippen molar-refractivity contribution in [3.63, 3.8) is 0 Å². The predicted octanol–water partition coefficient (Wildman–Crippen LogP) is -2.03. The number of nitrogens with one attached hydrogen (secondary N) is 1. The normalized spacial score (nSPS) is 8.11. The van der Waals surface area contributed by atoms with Gasteiger partial charge in [0.2, 0.25) is 0 Å². The van der Waals surface area contributed by atoms with Gasteiger partial charge in [0.25, 0.3) is 0 Å². The molecule has 50 valence electrons. The van der Waals surface area contributed by atoms with Crippen molar-refractivity contribution in [1.82, 2.24) is 5.32 Å². The average molecular weight is 142 g/mol. The predicted molar refractivity (Wildman–Crippen MR) is 36.7 cm³/mol. The standard InChI is InChI=1S/C4H10N2O2.Na.H/c5-1-2-6-3-4(7)8;;/h6H,1-3,5H2,(H,7,8);;. The summed E-state index contributed by atoms with van der Waals surface area (Å²) in [4.78, 5) is 9.77. The van der Waals surface area contributed by atoms with Crippen LogP contribution in [0.25, 0.3) is 0 Å². The molecule has 0 saturated heterocycles. The molecule has 0 atom stereocenters. The van der Waals surface area contributed by atoms with Gasteiger partial charge in [0.15, 0.2) is 0 Å². The number of hydrogen-bond donors (Lipinski definition) is 3. The zero-order valence-corrected chi connectivity index (χ0v) is 4.55.